The van der Waals surface area contributed by atoms with Gasteiger partial charge in [-0.25, -0.2) is 0 Å². The van der Waals surface area contributed by atoms with Crippen molar-refractivity contribution >= 4 is 42.5 Å². The van der Waals surface area contributed by atoms with E-state index in [-0.39, 0.29) is 36.3 Å². The number of halogens is 2. The minimum Gasteiger partial charge on any atom is -0.381 e. The SMILES string of the molecule is CN(C)C1(CNC(=O)C2(N)CCOCC2)CCSC1.Cl.Cl. The van der Waals surface area contributed by atoms with Gasteiger partial charge in [-0.1, -0.05) is 0 Å². The lowest BCUT2D eigenvalue weighted by atomic mass is 9.89. The fourth-order valence-electron chi connectivity index (χ4n) is 2.63. The summed E-state index contributed by atoms with van der Waals surface area (Å²) in [5.41, 5.74) is 5.54. The van der Waals surface area contributed by atoms with Crippen LogP contribution in [0.25, 0.3) is 0 Å². The van der Waals surface area contributed by atoms with E-state index in [2.05, 4.69) is 24.3 Å². The van der Waals surface area contributed by atoms with Crippen LogP contribution in [0.15, 0.2) is 0 Å². The summed E-state index contributed by atoms with van der Waals surface area (Å²) in [6.45, 7) is 1.85. The molecular formula is C13H27Cl2N3O2S. The van der Waals surface area contributed by atoms with Crippen LogP contribution in [0, 0.1) is 0 Å². The smallest absolute Gasteiger partial charge is 0.240 e. The average molecular weight is 360 g/mol. The topological polar surface area (TPSA) is 67.6 Å². The first-order valence-electron chi connectivity index (χ1n) is 6.89. The van der Waals surface area contributed by atoms with E-state index in [4.69, 9.17) is 10.5 Å². The molecule has 126 valence electrons. The van der Waals surface area contributed by atoms with E-state index in [1.165, 1.54) is 0 Å². The molecule has 2 rings (SSSR count). The van der Waals surface area contributed by atoms with Crippen LogP contribution < -0.4 is 11.1 Å². The summed E-state index contributed by atoms with van der Waals surface area (Å²) in [4.78, 5) is 14.6. The zero-order valence-electron chi connectivity index (χ0n) is 12.7. The molecule has 2 aliphatic heterocycles. The van der Waals surface area contributed by atoms with Crippen LogP contribution in [0.1, 0.15) is 19.3 Å². The summed E-state index contributed by atoms with van der Waals surface area (Å²) in [7, 11) is 4.18. The summed E-state index contributed by atoms with van der Waals surface area (Å²) in [5.74, 6) is 2.21. The largest absolute Gasteiger partial charge is 0.381 e. The van der Waals surface area contributed by atoms with Crippen molar-refractivity contribution in [3.63, 3.8) is 0 Å². The van der Waals surface area contributed by atoms with Crippen LogP contribution in [0.3, 0.4) is 0 Å². The number of nitrogens with one attached hydrogen (secondary N) is 1. The van der Waals surface area contributed by atoms with Gasteiger partial charge in [0.2, 0.25) is 5.91 Å². The molecule has 0 radical (unpaired) electrons. The van der Waals surface area contributed by atoms with Gasteiger partial charge in [0.25, 0.3) is 0 Å². The van der Waals surface area contributed by atoms with Gasteiger partial charge in [0.15, 0.2) is 0 Å². The zero-order valence-corrected chi connectivity index (χ0v) is 15.2. The Morgan fingerprint density at radius 2 is 1.90 bits per heavy atom. The summed E-state index contributed by atoms with van der Waals surface area (Å²) in [6, 6.07) is 0. The molecule has 1 unspecified atom stereocenters. The molecule has 2 aliphatic rings. The maximum atomic E-state index is 12.3. The number of thioether (sulfide) groups is 1. The lowest BCUT2D eigenvalue weighted by molar-refractivity contribution is -0.130. The van der Waals surface area contributed by atoms with Crippen molar-refractivity contribution in [2.75, 3.05) is 45.4 Å². The lowest BCUT2D eigenvalue weighted by Gasteiger charge is -2.38. The third kappa shape index (κ3) is 4.88. The van der Waals surface area contributed by atoms with E-state index in [1.54, 1.807) is 0 Å². The number of carbonyl (C=O) groups excluding carboxylic acids is 1. The fourth-order valence-corrected chi connectivity index (χ4v) is 4.18. The molecule has 21 heavy (non-hydrogen) atoms. The first kappa shape index (κ1) is 21.3. The Labute approximate surface area is 143 Å². The minimum absolute atomic E-state index is 0. The van der Waals surface area contributed by atoms with Crippen molar-refractivity contribution in [3.05, 3.63) is 0 Å². The minimum atomic E-state index is -0.739. The number of likely N-dealkylation sites (N-methyl/N-ethyl adjacent to an activating group) is 1. The summed E-state index contributed by atoms with van der Waals surface area (Å²) in [6.07, 6.45) is 2.34. The maximum Gasteiger partial charge on any atom is 0.240 e. The molecule has 1 atom stereocenters. The van der Waals surface area contributed by atoms with Crippen molar-refractivity contribution in [1.82, 2.24) is 10.2 Å². The molecule has 0 bridgehead atoms. The number of ether oxygens (including phenoxy) is 1. The molecule has 0 aromatic carbocycles. The molecule has 2 saturated heterocycles. The number of amides is 1. The molecule has 0 saturated carbocycles. The monoisotopic (exact) mass is 359 g/mol. The molecule has 5 nitrogen and oxygen atoms in total. The standard InChI is InChI=1S/C13H25N3O2S.2ClH/c1-16(2)12(5-8-19-10-12)9-15-11(17)13(14)3-6-18-7-4-13;;/h3-10,14H2,1-2H3,(H,15,17);2*1H. The molecule has 2 fully saturated rings. The van der Waals surface area contributed by atoms with Crippen LogP contribution in [-0.4, -0.2) is 67.2 Å². The van der Waals surface area contributed by atoms with E-state index in [0.29, 0.717) is 32.6 Å². The predicted octanol–water partition coefficient (Wildman–Crippen LogP) is 0.891. The van der Waals surface area contributed by atoms with Crippen molar-refractivity contribution in [2.45, 2.75) is 30.3 Å². The molecular weight excluding hydrogens is 333 g/mol. The van der Waals surface area contributed by atoms with Crippen LogP contribution in [-0.2, 0) is 9.53 Å². The zero-order chi connectivity index (χ0) is 13.9. The van der Waals surface area contributed by atoms with Gasteiger partial charge in [-0.05, 0) is 39.1 Å². The van der Waals surface area contributed by atoms with E-state index in [9.17, 15) is 4.79 Å². The van der Waals surface area contributed by atoms with E-state index in [1.807, 2.05) is 11.8 Å². The second-order valence-electron chi connectivity index (χ2n) is 5.87. The second kappa shape index (κ2) is 8.79. The highest BCUT2D eigenvalue weighted by molar-refractivity contribution is 7.99. The molecule has 1 amide bonds. The van der Waals surface area contributed by atoms with Crippen LogP contribution >= 0.6 is 36.6 Å². The highest BCUT2D eigenvalue weighted by atomic mass is 35.5. The molecule has 8 heteroatoms. The number of hydrogen-bond donors (Lipinski definition) is 2. The lowest BCUT2D eigenvalue weighted by Crippen LogP contribution is -2.61. The van der Waals surface area contributed by atoms with Gasteiger partial charge in [0.05, 0.1) is 5.54 Å². The molecule has 0 aromatic rings. The van der Waals surface area contributed by atoms with E-state index < -0.39 is 5.54 Å². The Morgan fingerprint density at radius 1 is 1.29 bits per heavy atom. The van der Waals surface area contributed by atoms with Gasteiger partial charge < -0.3 is 20.7 Å². The molecule has 3 N–H and O–H groups in total. The van der Waals surface area contributed by atoms with Gasteiger partial charge in [0, 0.05) is 31.1 Å². The van der Waals surface area contributed by atoms with Crippen molar-refractivity contribution in [2.24, 2.45) is 5.73 Å². The molecule has 2 heterocycles. The highest BCUT2D eigenvalue weighted by Gasteiger charge is 2.40. The first-order valence-corrected chi connectivity index (χ1v) is 8.04. The number of carbonyl (C=O) groups is 1. The van der Waals surface area contributed by atoms with E-state index in [0.717, 1.165) is 17.9 Å². The quantitative estimate of drug-likeness (QED) is 0.780. The number of rotatable bonds is 4. The number of hydrogen-bond acceptors (Lipinski definition) is 5. The first-order chi connectivity index (χ1) is 8.99. The Bertz CT molecular complexity index is 333. The number of nitrogens with zero attached hydrogens (tertiary/aromatic N) is 1. The summed E-state index contributed by atoms with van der Waals surface area (Å²) in [5, 5.41) is 3.08. The van der Waals surface area contributed by atoms with Gasteiger partial charge in [0.1, 0.15) is 0 Å². The maximum absolute atomic E-state index is 12.3. The highest BCUT2D eigenvalue weighted by Crippen LogP contribution is 2.31. The third-order valence-corrected chi connectivity index (χ3v) is 5.68. The van der Waals surface area contributed by atoms with Crippen molar-refractivity contribution in [3.8, 4) is 0 Å². The normalized spacial score (nSPS) is 27.6. The van der Waals surface area contributed by atoms with Gasteiger partial charge in [-0.3, -0.25) is 4.79 Å². The molecule has 0 aromatic heterocycles. The number of nitrogens with two attached hydrogens (primary N) is 1. The van der Waals surface area contributed by atoms with Gasteiger partial charge in [-0.2, -0.15) is 11.8 Å². The second-order valence-corrected chi connectivity index (χ2v) is 6.98. The molecule has 0 spiro atoms. The Hall–Kier alpha value is 0.280. The third-order valence-electron chi connectivity index (χ3n) is 4.45. The van der Waals surface area contributed by atoms with Crippen LogP contribution in [0.2, 0.25) is 0 Å². The fraction of sp³-hybridized carbons (Fsp3) is 0.923. The average Bonchev–Trinajstić information content (AvgIpc) is 2.87. The predicted molar refractivity (Wildman–Crippen MR) is 92.8 cm³/mol. The van der Waals surface area contributed by atoms with Gasteiger partial charge in [-0.15, -0.1) is 24.8 Å². The summed E-state index contributed by atoms with van der Waals surface area (Å²) < 4.78 is 5.28. The van der Waals surface area contributed by atoms with Crippen molar-refractivity contribution in [1.29, 1.82) is 0 Å². The van der Waals surface area contributed by atoms with Gasteiger partial charge >= 0.3 is 0 Å². The Balaban J connectivity index is 0.00000200. The molecule has 0 aliphatic carbocycles. The van der Waals surface area contributed by atoms with E-state index >= 15 is 0 Å². The summed E-state index contributed by atoms with van der Waals surface area (Å²) >= 11 is 1.95. The van der Waals surface area contributed by atoms with Crippen LogP contribution in [0.4, 0.5) is 0 Å². The van der Waals surface area contributed by atoms with Crippen molar-refractivity contribution < 1.29 is 9.53 Å². The Kier molecular flexibility index (Phi) is 8.91. The Morgan fingerprint density at radius 3 is 2.38 bits per heavy atom. The van der Waals surface area contributed by atoms with Crippen LogP contribution in [0.5, 0.6) is 0 Å².